The van der Waals surface area contributed by atoms with Gasteiger partial charge in [-0.1, -0.05) is 0 Å². The standard InChI is InChI=1S/C13H26N2/c1-12(2)14-10-5-6-13(7-11-14)15-8-3-4-9-15/h12-13H,3-11H2,1-2H3. The van der Waals surface area contributed by atoms with Gasteiger partial charge in [0.25, 0.3) is 0 Å². The van der Waals surface area contributed by atoms with Gasteiger partial charge in [-0.25, -0.2) is 0 Å². The van der Waals surface area contributed by atoms with Crippen LogP contribution in [-0.4, -0.2) is 48.1 Å². The molecule has 0 aliphatic carbocycles. The molecule has 2 saturated heterocycles. The Hall–Kier alpha value is -0.0800. The van der Waals surface area contributed by atoms with Crippen molar-refractivity contribution in [2.24, 2.45) is 0 Å². The molecule has 2 heteroatoms. The van der Waals surface area contributed by atoms with Crippen LogP contribution < -0.4 is 0 Å². The van der Waals surface area contributed by atoms with Crippen LogP contribution in [0.25, 0.3) is 0 Å². The van der Waals surface area contributed by atoms with E-state index in [1.807, 2.05) is 0 Å². The second-order valence-electron chi connectivity index (χ2n) is 5.46. The molecule has 0 aromatic carbocycles. The summed E-state index contributed by atoms with van der Waals surface area (Å²) in [4.78, 5) is 5.39. The average Bonchev–Trinajstić information content (AvgIpc) is 2.62. The zero-order chi connectivity index (χ0) is 10.7. The van der Waals surface area contributed by atoms with Crippen LogP contribution in [0, 0.1) is 0 Å². The van der Waals surface area contributed by atoms with E-state index in [9.17, 15) is 0 Å². The summed E-state index contributed by atoms with van der Waals surface area (Å²) in [5.41, 5.74) is 0. The lowest BCUT2D eigenvalue weighted by Crippen LogP contribution is -2.35. The van der Waals surface area contributed by atoms with E-state index in [1.165, 1.54) is 58.3 Å². The Balaban J connectivity index is 1.83. The van der Waals surface area contributed by atoms with Crippen molar-refractivity contribution >= 4 is 0 Å². The Morgan fingerprint density at radius 2 is 1.60 bits per heavy atom. The van der Waals surface area contributed by atoms with Crippen LogP contribution in [0.2, 0.25) is 0 Å². The summed E-state index contributed by atoms with van der Waals surface area (Å²) in [5, 5.41) is 0. The van der Waals surface area contributed by atoms with Crippen molar-refractivity contribution in [3.05, 3.63) is 0 Å². The Kier molecular flexibility index (Phi) is 4.04. The predicted octanol–water partition coefficient (Wildman–Crippen LogP) is 2.35. The molecule has 0 bridgehead atoms. The molecule has 0 spiro atoms. The maximum atomic E-state index is 2.74. The van der Waals surface area contributed by atoms with Crippen molar-refractivity contribution in [1.29, 1.82) is 0 Å². The van der Waals surface area contributed by atoms with Crippen LogP contribution in [-0.2, 0) is 0 Å². The third-order valence-corrected chi connectivity index (χ3v) is 4.12. The van der Waals surface area contributed by atoms with Crippen molar-refractivity contribution in [2.45, 2.75) is 58.0 Å². The van der Waals surface area contributed by atoms with E-state index in [0.717, 1.165) is 12.1 Å². The van der Waals surface area contributed by atoms with Crippen LogP contribution >= 0.6 is 0 Å². The third kappa shape index (κ3) is 2.94. The second-order valence-corrected chi connectivity index (χ2v) is 5.46. The molecular weight excluding hydrogens is 184 g/mol. The summed E-state index contributed by atoms with van der Waals surface area (Å²) in [5.74, 6) is 0. The molecule has 2 rings (SSSR count). The van der Waals surface area contributed by atoms with Crippen molar-refractivity contribution < 1.29 is 0 Å². The first-order valence-electron chi connectivity index (χ1n) is 6.75. The molecule has 1 unspecified atom stereocenters. The number of hydrogen-bond acceptors (Lipinski definition) is 2. The molecule has 0 amide bonds. The zero-order valence-corrected chi connectivity index (χ0v) is 10.4. The lowest BCUT2D eigenvalue weighted by Gasteiger charge is -2.27. The minimum atomic E-state index is 0.738. The molecule has 2 aliphatic rings. The number of rotatable bonds is 2. The van der Waals surface area contributed by atoms with Gasteiger partial charge in [-0.05, 0) is 72.1 Å². The van der Waals surface area contributed by atoms with Gasteiger partial charge in [-0.15, -0.1) is 0 Å². The Morgan fingerprint density at radius 3 is 2.27 bits per heavy atom. The molecular formula is C13H26N2. The normalized spacial score (nSPS) is 31.0. The highest BCUT2D eigenvalue weighted by molar-refractivity contribution is 4.81. The van der Waals surface area contributed by atoms with E-state index in [4.69, 9.17) is 0 Å². The van der Waals surface area contributed by atoms with Crippen LogP contribution in [0.5, 0.6) is 0 Å². The van der Waals surface area contributed by atoms with Gasteiger partial charge in [-0.3, -0.25) is 0 Å². The van der Waals surface area contributed by atoms with E-state index < -0.39 is 0 Å². The molecule has 0 aromatic rings. The summed E-state index contributed by atoms with van der Waals surface area (Å²) in [6.07, 6.45) is 7.11. The highest BCUT2D eigenvalue weighted by atomic mass is 15.2. The molecule has 2 aliphatic heterocycles. The van der Waals surface area contributed by atoms with E-state index in [-0.39, 0.29) is 0 Å². The average molecular weight is 210 g/mol. The SMILES string of the molecule is CC(C)N1CCCC(N2CCCC2)CC1. The molecule has 2 heterocycles. The first kappa shape index (κ1) is 11.4. The molecule has 0 radical (unpaired) electrons. The predicted molar refractivity (Wildman–Crippen MR) is 65.2 cm³/mol. The van der Waals surface area contributed by atoms with E-state index in [2.05, 4.69) is 23.6 Å². The molecule has 0 N–H and O–H groups in total. The maximum Gasteiger partial charge on any atom is 0.0108 e. The quantitative estimate of drug-likeness (QED) is 0.690. The largest absolute Gasteiger partial charge is 0.301 e. The smallest absolute Gasteiger partial charge is 0.0108 e. The van der Waals surface area contributed by atoms with Gasteiger partial charge in [0.2, 0.25) is 0 Å². The van der Waals surface area contributed by atoms with Gasteiger partial charge in [0.15, 0.2) is 0 Å². The highest BCUT2D eigenvalue weighted by Crippen LogP contribution is 2.21. The van der Waals surface area contributed by atoms with Crippen LogP contribution in [0.15, 0.2) is 0 Å². The lowest BCUT2D eigenvalue weighted by molar-refractivity contribution is 0.201. The summed E-state index contributed by atoms with van der Waals surface area (Å²) in [6.45, 7) is 10.0. The summed E-state index contributed by atoms with van der Waals surface area (Å²) in [6, 6.07) is 1.64. The summed E-state index contributed by atoms with van der Waals surface area (Å²) < 4.78 is 0. The molecule has 2 fully saturated rings. The van der Waals surface area contributed by atoms with Crippen LogP contribution in [0.1, 0.15) is 46.0 Å². The van der Waals surface area contributed by atoms with E-state index in [1.54, 1.807) is 0 Å². The Morgan fingerprint density at radius 1 is 0.867 bits per heavy atom. The molecule has 1 atom stereocenters. The van der Waals surface area contributed by atoms with Gasteiger partial charge >= 0.3 is 0 Å². The zero-order valence-electron chi connectivity index (χ0n) is 10.4. The Labute approximate surface area is 94.6 Å². The first-order valence-corrected chi connectivity index (χ1v) is 6.75. The fourth-order valence-electron chi connectivity index (χ4n) is 3.09. The van der Waals surface area contributed by atoms with Gasteiger partial charge in [-0.2, -0.15) is 0 Å². The third-order valence-electron chi connectivity index (χ3n) is 4.12. The molecule has 15 heavy (non-hydrogen) atoms. The maximum absolute atomic E-state index is 2.74. The second kappa shape index (κ2) is 5.31. The van der Waals surface area contributed by atoms with Crippen molar-refractivity contribution in [3.63, 3.8) is 0 Å². The molecule has 88 valence electrons. The van der Waals surface area contributed by atoms with Crippen LogP contribution in [0.3, 0.4) is 0 Å². The van der Waals surface area contributed by atoms with E-state index >= 15 is 0 Å². The van der Waals surface area contributed by atoms with Gasteiger partial charge in [0.1, 0.15) is 0 Å². The van der Waals surface area contributed by atoms with Gasteiger partial charge < -0.3 is 9.80 Å². The van der Waals surface area contributed by atoms with Crippen LogP contribution in [0.4, 0.5) is 0 Å². The van der Waals surface area contributed by atoms with Gasteiger partial charge in [0, 0.05) is 12.1 Å². The fraction of sp³-hybridized carbons (Fsp3) is 1.00. The molecule has 0 aromatic heterocycles. The van der Waals surface area contributed by atoms with Crippen molar-refractivity contribution in [1.82, 2.24) is 9.80 Å². The molecule has 0 saturated carbocycles. The first-order chi connectivity index (χ1) is 7.27. The Bertz CT molecular complexity index is 185. The minimum absolute atomic E-state index is 0.738. The molecule has 2 nitrogen and oxygen atoms in total. The fourth-order valence-corrected chi connectivity index (χ4v) is 3.09. The summed E-state index contributed by atoms with van der Waals surface area (Å²) in [7, 11) is 0. The topological polar surface area (TPSA) is 6.48 Å². The number of likely N-dealkylation sites (tertiary alicyclic amines) is 2. The monoisotopic (exact) mass is 210 g/mol. The van der Waals surface area contributed by atoms with Crippen molar-refractivity contribution in [3.8, 4) is 0 Å². The summed E-state index contributed by atoms with van der Waals surface area (Å²) >= 11 is 0. The minimum Gasteiger partial charge on any atom is -0.301 e. The lowest BCUT2D eigenvalue weighted by atomic mass is 10.1. The highest BCUT2D eigenvalue weighted by Gasteiger charge is 2.25. The van der Waals surface area contributed by atoms with Crippen molar-refractivity contribution in [2.75, 3.05) is 26.2 Å². The van der Waals surface area contributed by atoms with Gasteiger partial charge in [0.05, 0.1) is 0 Å². The number of hydrogen-bond donors (Lipinski definition) is 0. The van der Waals surface area contributed by atoms with E-state index in [0.29, 0.717) is 0 Å². The number of nitrogens with zero attached hydrogens (tertiary/aromatic N) is 2.